The van der Waals surface area contributed by atoms with E-state index in [1.807, 2.05) is 24.3 Å². The first-order chi connectivity index (χ1) is 12.1. The summed E-state index contributed by atoms with van der Waals surface area (Å²) in [7, 11) is 0. The van der Waals surface area contributed by atoms with E-state index < -0.39 is 0 Å². The van der Waals surface area contributed by atoms with Gasteiger partial charge in [0, 0.05) is 18.2 Å². The third-order valence-electron chi connectivity index (χ3n) is 4.70. The highest BCUT2D eigenvalue weighted by atomic mass is 19.1. The van der Waals surface area contributed by atoms with Crippen LogP contribution in [0.4, 0.5) is 4.39 Å². The van der Waals surface area contributed by atoms with E-state index in [1.165, 1.54) is 6.07 Å². The van der Waals surface area contributed by atoms with Gasteiger partial charge >= 0.3 is 0 Å². The highest BCUT2D eigenvalue weighted by Gasteiger charge is 2.30. The van der Waals surface area contributed by atoms with Gasteiger partial charge in [0.2, 0.25) is 5.91 Å². The second-order valence-corrected chi connectivity index (χ2v) is 6.45. The predicted molar refractivity (Wildman–Crippen MR) is 94.3 cm³/mol. The molecule has 25 heavy (non-hydrogen) atoms. The fraction of sp³-hybridized carbons (Fsp3) is 0.350. The molecule has 1 amide bonds. The van der Waals surface area contributed by atoms with Gasteiger partial charge in [-0.1, -0.05) is 36.8 Å². The van der Waals surface area contributed by atoms with Crippen molar-refractivity contribution in [3.8, 4) is 5.75 Å². The fourth-order valence-electron chi connectivity index (χ4n) is 3.32. The van der Waals surface area contributed by atoms with Crippen LogP contribution < -0.4 is 15.8 Å². The average Bonchev–Trinajstić information content (AvgIpc) is 3.09. The topological polar surface area (TPSA) is 64.4 Å². The van der Waals surface area contributed by atoms with Crippen LogP contribution in [0.1, 0.15) is 30.4 Å². The molecule has 132 valence electrons. The van der Waals surface area contributed by atoms with Crippen LogP contribution in [0.15, 0.2) is 48.5 Å². The van der Waals surface area contributed by atoms with Crippen LogP contribution in [0, 0.1) is 11.7 Å². The van der Waals surface area contributed by atoms with E-state index in [4.69, 9.17) is 10.5 Å². The number of hydrogen-bond donors (Lipinski definition) is 2. The number of halogens is 1. The number of benzene rings is 2. The van der Waals surface area contributed by atoms with Crippen molar-refractivity contribution >= 4 is 5.91 Å². The lowest BCUT2D eigenvalue weighted by Gasteiger charge is -2.18. The van der Waals surface area contributed by atoms with Gasteiger partial charge in [-0.2, -0.15) is 0 Å². The van der Waals surface area contributed by atoms with Crippen LogP contribution in [0.5, 0.6) is 5.75 Å². The number of nitrogens with one attached hydrogen (secondary N) is 1. The van der Waals surface area contributed by atoms with Gasteiger partial charge in [0.15, 0.2) is 0 Å². The SMILES string of the molecule is NC(=O)C1CCCC1NCc1cccc(OCc2ccccc2F)c1. The summed E-state index contributed by atoms with van der Waals surface area (Å²) >= 11 is 0. The molecular weight excluding hydrogens is 319 g/mol. The third kappa shape index (κ3) is 4.57. The number of amides is 1. The Morgan fingerprint density at radius 3 is 2.84 bits per heavy atom. The molecule has 0 aliphatic heterocycles. The van der Waals surface area contributed by atoms with Gasteiger partial charge in [0.05, 0.1) is 5.92 Å². The zero-order valence-corrected chi connectivity index (χ0v) is 14.1. The maximum absolute atomic E-state index is 13.6. The Kier molecular flexibility index (Phi) is 5.66. The number of primary amides is 1. The zero-order valence-electron chi connectivity index (χ0n) is 14.1. The van der Waals surface area contributed by atoms with Crippen molar-refractivity contribution in [3.05, 3.63) is 65.5 Å². The van der Waals surface area contributed by atoms with Crippen molar-refractivity contribution in [1.29, 1.82) is 0 Å². The van der Waals surface area contributed by atoms with Gasteiger partial charge in [-0.15, -0.1) is 0 Å². The molecule has 0 saturated heterocycles. The van der Waals surface area contributed by atoms with Gasteiger partial charge in [-0.3, -0.25) is 4.79 Å². The van der Waals surface area contributed by atoms with Crippen molar-refractivity contribution in [2.45, 2.75) is 38.5 Å². The average molecular weight is 342 g/mol. The lowest BCUT2D eigenvalue weighted by atomic mass is 10.0. The summed E-state index contributed by atoms with van der Waals surface area (Å²) in [5, 5.41) is 3.42. The summed E-state index contributed by atoms with van der Waals surface area (Å²) < 4.78 is 19.3. The molecule has 3 rings (SSSR count). The van der Waals surface area contributed by atoms with Crippen LogP contribution in [0.3, 0.4) is 0 Å². The first-order valence-electron chi connectivity index (χ1n) is 8.61. The first kappa shape index (κ1) is 17.4. The summed E-state index contributed by atoms with van der Waals surface area (Å²) in [5.74, 6) is 0.122. The van der Waals surface area contributed by atoms with Crippen LogP contribution in [0.25, 0.3) is 0 Å². The van der Waals surface area contributed by atoms with Gasteiger partial charge < -0.3 is 15.8 Å². The van der Waals surface area contributed by atoms with Crippen LogP contribution >= 0.6 is 0 Å². The number of carbonyl (C=O) groups excluding carboxylic acids is 1. The number of nitrogens with two attached hydrogens (primary N) is 1. The van der Waals surface area contributed by atoms with Crippen molar-refractivity contribution in [1.82, 2.24) is 5.32 Å². The summed E-state index contributed by atoms with van der Waals surface area (Å²) in [6.07, 6.45) is 2.85. The molecule has 2 atom stereocenters. The van der Waals surface area contributed by atoms with E-state index >= 15 is 0 Å². The summed E-state index contributed by atoms with van der Waals surface area (Å²) in [6.45, 7) is 0.835. The molecule has 3 N–H and O–H groups in total. The molecule has 1 saturated carbocycles. The quantitative estimate of drug-likeness (QED) is 0.812. The Morgan fingerprint density at radius 2 is 2.04 bits per heavy atom. The van der Waals surface area contributed by atoms with E-state index in [2.05, 4.69) is 5.32 Å². The van der Waals surface area contributed by atoms with Crippen molar-refractivity contribution in [2.75, 3.05) is 0 Å². The number of ether oxygens (including phenoxy) is 1. The molecule has 5 heteroatoms. The minimum absolute atomic E-state index is 0.0829. The molecular formula is C20H23FN2O2. The molecule has 1 aliphatic carbocycles. The number of hydrogen-bond acceptors (Lipinski definition) is 3. The normalized spacial score (nSPS) is 19.7. The molecule has 0 bridgehead atoms. The molecule has 4 nitrogen and oxygen atoms in total. The third-order valence-corrected chi connectivity index (χ3v) is 4.70. The molecule has 2 unspecified atom stereocenters. The predicted octanol–water partition coefficient (Wildman–Crippen LogP) is 3.15. The van der Waals surface area contributed by atoms with Gasteiger partial charge in [-0.25, -0.2) is 4.39 Å². The second-order valence-electron chi connectivity index (χ2n) is 6.45. The number of rotatable bonds is 7. The van der Waals surface area contributed by atoms with E-state index in [0.29, 0.717) is 17.9 Å². The molecule has 2 aromatic rings. The van der Waals surface area contributed by atoms with Crippen LogP contribution in [-0.2, 0) is 17.9 Å². The smallest absolute Gasteiger partial charge is 0.222 e. The molecule has 1 aliphatic rings. The van der Waals surface area contributed by atoms with Crippen LogP contribution in [0.2, 0.25) is 0 Å². The van der Waals surface area contributed by atoms with E-state index in [-0.39, 0.29) is 30.3 Å². The summed E-state index contributed by atoms with van der Waals surface area (Å²) in [5.41, 5.74) is 7.04. The van der Waals surface area contributed by atoms with Crippen molar-refractivity contribution in [3.63, 3.8) is 0 Å². The first-order valence-corrected chi connectivity index (χ1v) is 8.61. The van der Waals surface area contributed by atoms with E-state index in [0.717, 1.165) is 24.8 Å². The standard InChI is InChI=1S/C20H23FN2O2/c21-18-9-2-1-6-15(18)13-25-16-7-3-5-14(11-16)12-23-19-10-4-8-17(19)20(22)24/h1-3,5-7,9,11,17,19,23H,4,8,10,12-13H2,(H2,22,24). The van der Waals surface area contributed by atoms with E-state index in [1.54, 1.807) is 18.2 Å². The molecule has 1 fully saturated rings. The second kappa shape index (κ2) is 8.12. The van der Waals surface area contributed by atoms with Crippen LogP contribution in [-0.4, -0.2) is 11.9 Å². The summed E-state index contributed by atoms with van der Waals surface area (Å²) in [4.78, 5) is 11.5. The maximum atomic E-state index is 13.6. The fourth-order valence-corrected chi connectivity index (χ4v) is 3.32. The largest absolute Gasteiger partial charge is 0.489 e. The van der Waals surface area contributed by atoms with E-state index in [9.17, 15) is 9.18 Å². The molecule has 0 heterocycles. The zero-order chi connectivity index (χ0) is 17.6. The minimum Gasteiger partial charge on any atom is -0.489 e. The van der Waals surface area contributed by atoms with Gasteiger partial charge in [0.25, 0.3) is 0 Å². The van der Waals surface area contributed by atoms with Gasteiger partial charge in [0.1, 0.15) is 18.2 Å². The Labute approximate surface area is 147 Å². The molecule has 0 aromatic heterocycles. The maximum Gasteiger partial charge on any atom is 0.222 e. The lowest BCUT2D eigenvalue weighted by Crippen LogP contribution is -2.38. The Bertz CT molecular complexity index is 735. The molecule has 0 spiro atoms. The van der Waals surface area contributed by atoms with Gasteiger partial charge in [-0.05, 0) is 36.6 Å². The van der Waals surface area contributed by atoms with Crippen molar-refractivity contribution in [2.24, 2.45) is 11.7 Å². The summed E-state index contributed by atoms with van der Waals surface area (Å²) in [6, 6.07) is 14.4. The Morgan fingerprint density at radius 1 is 1.20 bits per heavy atom. The Hall–Kier alpha value is -2.40. The minimum atomic E-state index is -0.265. The van der Waals surface area contributed by atoms with Crippen molar-refractivity contribution < 1.29 is 13.9 Å². The molecule has 2 aromatic carbocycles. The molecule has 0 radical (unpaired) electrons. The lowest BCUT2D eigenvalue weighted by molar-refractivity contribution is -0.122. The number of carbonyl (C=O) groups is 1. The highest BCUT2D eigenvalue weighted by Crippen LogP contribution is 2.26. The Balaban J connectivity index is 1.56. The highest BCUT2D eigenvalue weighted by molar-refractivity contribution is 5.77. The monoisotopic (exact) mass is 342 g/mol.